The molecule has 1 amide bonds. The molecular weight excluding hydrogens is 399 g/mol. The van der Waals surface area contributed by atoms with E-state index in [0.717, 1.165) is 5.39 Å². The molecule has 1 atom stereocenters. The van der Waals surface area contributed by atoms with E-state index in [1.165, 1.54) is 12.3 Å². The summed E-state index contributed by atoms with van der Waals surface area (Å²) in [5, 5.41) is 3.68. The molecule has 0 bridgehead atoms. The van der Waals surface area contributed by atoms with Gasteiger partial charge in [-0.2, -0.15) is 0 Å². The van der Waals surface area contributed by atoms with E-state index in [-0.39, 0.29) is 11.6 Å². The second-order valence-electron chi connectivity index (χ2n) is 7.34. The molecule has 0 radical (unpaired) electrons. The Morgan fingerprint density at radius 3 is 2.55 bits per heavy atom. The predicted molar refractivity (Wildman–Crippen MR) is 114 cm³/mol. The lowest BCUT2D eigenvalue weighted by molar-refractivity contribution is 0.0199. The zero-order valence-electron chi connectivity index (χ0n) is 16.7. The van der Waals surface area contributed by atoms with Crippen LogP contribution >= 0.6 is 0 Å². The smallest absolute Gasteiger partial charge is 0.291 e. The van der Waals surface area contributed by atoms with E-state index >= 15 is 0 Å². The van der Waals surface area contributed by atoms with E-state index in [4.69, 9.17) is 13.6 Å². The van der Waals surface area contributed by atoms with E-state index < -0.39 is 11.9 Å². The highest BCUT2D eigenvalue weighted by molar-refractivity contribution is 6.08. The van der Waals surface area contributed by atoms with E-state index in [2.05, 4.69) is 10.2 Å². The van der Waals surface area contributed by atoms with Gasteiger partial charge in [0.1, 0.15) is 11.4 Å². The number of benzene rings is 2. The minimum absolute atomic E-state index is 0.185. The molecule has 7 heteroatoms. The molecule has 2 aromatic heterocycles. The summed E-state index contributed by atoms with van der Waals surface area (Å²) in [5.74, 6) is -0.0621. The van der Waals surface area contributed by atoms with Crippen molar-refractivity contribution in [2.45, 2.75) is 6.04 Å². The number of halogens is 1. The number of carbonyl (C=O) groups excluding carboxylic acids is 1. The molecule has 1 fully saturated rings. The van der Waals surface area contributed by atoms with E-state index in [0.29, 0.717) is 48.9 Å². The molecule has 5 rings (SSSR count). The molecule has 4 aromatic rings. The molecule has 158 valence electrons. The number of fused-ring (bicyclic) bond motifs is 1. The van der Waals surface area contributed by atoms with Crippen LogP contribution < -0.4 is 5.32 Å². The average Bonchev–Trinajstić information content (AvgIpc) is 3.45. The van der Waals surface area contributed by atoms with Crippen molar-refractivity contribution in [3.8, 4) is 0 Å². The first-order valence-electron chi connectivity index (χ1n) is 10.1. The summed E-state index contributed by atoms with van der Waals surface area (Å²) in [5.41, 5.74) is 1.61. The molecule has 1 aliphatic heterocycles. The van der Waals surface area contributed by atoms with Gasteiger partial charge in [-0.25, -0.2) is 4.39 Å². The highest BCUT2D eigenvalue weighted by Gasteiger charge is 2.33. The Morgan fingerprint density at radius 1 is 1.00 bits per heavy atom. The number of furan rings is 2. The van der Waals surface area contributed by atoms with Gasteiger partial charge in [0.2, 0.25) is 0 Å². The highest BCUT2D eigenvalue weighted by Crippen LogP contribution is 2.41. The summed E-state index contributed by atoms with van der Waals surface area (Å²) in [6.07, 6.45) is 1.44. The summed E-state index contributed by atoms with van der Waals surface area (Å²) < 4.78 is 32.0. The molecule has 2 aromatic carbocycles. The number of morpholine rings is 1. The number of rotatable bonds is 5. The Morgan fingerprint density at radius 2 is 1.77 bits per heavy atom. The van der Waals surface area contributed by atoms with Gasteiger partial charge in [0, 0.05) is 24.0 Å². The number of ether oxygens (including phenoxy) is 1. The SMILES string of the molecule is O=C(Nc1c([C@H](c2ccccc2F)N2CCOCC2)oc2ccccc12)c1ccco1. The van der Waals surface area contributed by atoms with Gasteiger partial charge in [-0.05, 0) is 30.3 Å². The van der Waals surface area contributed by atoms with Crippen molar-refractivity contribution in [1.29, 1.82) is 0 Å². The monoisotopic (exact) mass is 420 g/mol. The van der Waals surface area contributed by atoms with Crippen LogP contribution in [0.3, 0.4) is 0 Å². The maximum absolute atomic E-state index is 15.0. The van der Waals surface area contributed by atoms with Gasteiger partial charge in [-0.15, -0.1) is 0 Å². The van der Waals surface area contributed by atoms with Crippen molar-refractivity contribution in [2.24, 2.45) is 0 Å². The van der Waals surface area contributed by atoms with Crippen LogP contribution in [0.15, 0.2) is 75.8 Å². The molecule has 1 N–H and O–H groups in total. The van der Waals surface area contributed by atoms with Crippen LogP contribution in [-0.2, 0) is 4.74 Å². The number of nitrogens with zero attached hydrogens (tertiary/aromatic N) is 1. The lowest BCUT2D eigenvalue weighted by Gasteiger charge is -2.34. The third-order valence-corrected chi connectivity index (χ3v) is 5.47. The fourth-order valence-electron chi connectivity index (χ4n) is 4.01. The van der Waals surface area contributed by atoms with Gasteiger partial charge in [0.15, 0.2) is 11.5 Å². The van der Waals surface area contributed by atoms with Crippen molar-refractivity contribution < 1.29 is 22.8 Å². The second kappa shape index (κ2) is 8.37. The number of amides is 1. The Balaban J connectivity index is 1.66. The second-order valence-corrected chi connectivity index (χ2v) is 7.34. The standard InChI is InChI=1S/C24H21FN2O4/c25-18-8-3-1-6-16(18)22(27-11-14-29-15-12-27)23-21(17-7-2-4-9-19(17)31-23)26-24(28)20-10-5-13-30-20/h1-10,13,22H,11-12,14-15H2,(H,26,28)/t22-/m0/s1. The van der Waals surface area contributed by atoms with Crippen LogP contribution in [0.5, 0.6) is 0 Å². The van der Waals surface area contributed by atoms with Crippen LogP contribution in [-0.4, -0.2) is 37.1 Å². The fraction of sp³-hybridized carbons (Fsp3) is 0.208. The first kappa shape index (κ1) is 19.5. The summed E-state index contributed by atoms with van der Waals surface area (Å²) in [6.45, 7) is 2.31. The molecule has 1 saturated heterocycles. The van der Waals surface area contributed by atoms with Crippen molar-refractivity contribution >= 4 is 22.6 Å². The van der Waals surface area contributed by atoms with E-state index in [9.17, 15) is 9.18 Å². The van der Waals surface area contributed by atoms with Crippen molar-refractivity contribution in [2.75, 3.05) is 31.6 Å². The highest BCUT2D eigenvalue weighted by atomic mass is 19.1. The average molecular weight is 420 g/mol. The van der Waals surface area contributed by atoms with E-state index in [1.807, 2.05) is 24.3 Å². The largest absolute Gasteiger partial charge is 0.459 e. The van der Waals surface area contributed by atoms with Gasteiger partial charge in [0.05, 0.1) is 31.2 Å². The van der Waals surface area contributed by atoms with Crippen molar-refractivity contribution in [1.82, 2.24) is 4.90 Å². The molecule has 31 heavy (non-hydrogen) atoms. The quantitative estimate of drug-likeness (QED) is 0.500. The topological polar surface area (TPSA) is 67.9 Å². The Labute approximate surface area is 178 Å². The van der Waals surface area contributed by atoms with E-state index in [1.54, 1.807) is 30.3 Å². The molecule has 1 aliphatic rings. The first-order chi connectivity index (χ1) is 15.2. The normalized spacial score (nSPS) is 15.8. The Bertz CT molecular complexity index is 1200. The number of hydrogen-bond donors (Lipinski definition) is 1. The van der Waals surface area contributed by atoms with Gasteiger partial charge < -0.3 is 18.9 Å². The Kier molecular flexibility index (Phi) is 5.28. The number of carbonyl (C=O) groups is 1. The third-order valence-electron chi connectivity index (χ3n) is 5.47. The molecule has 0 unspecified atom stereocenters. The zero-order chi connectivity index (χ0) is 21.2. The summed E-state index contributed by atoms with van der Waals surface area (Å²) in [7, 11) is 0. The Hall–Kier alpha value is -3.42. The summed E-state index contributed by atoms with van der Waals surface area (Å²) >= 11 is 0. The predicted octanol–water partition coefficient (Wildman–Crippen LogP) is 4.84. The van der Waals surface area contributed by atoms with Crippen LogP contribution in [0.2, 0.25) is 0 Å². The van der Waals surface area contributed by atoms with Gasteiger partial charge >= 0.3 is 0 Å². The third kappa shape index (κ3) is 3.73. The van der Waals surface area contributed by atoms with Crippen LogP contribution in [0.1, 0.15) is 27.9 Å². The van der Waals surface area contributed by atoms with Crippen LogP contribution in [0.4, 0.5) is 10.1 Å². The minimum atomic E-state index is -0.524. The van der Waals surface area contributed by atoms with Crippen LogP contribution in [0.25, 0.3) is 11.0 Å². The van der Waals surface area contributed by atoms with Gasteiger partial charge in [0.25, 0.3) is 5.91 Å². The van der Waals surface area contributed by atoms with Gasteiger partial charge in [-0.3, -0.25) is 9.69 Å². The maximum Gasteiger partial charge on any atom is 0.291 e. The lowest BCUT2D eigenvalue weighted by Crippen LogP contribution is -2.40. The zero-order valence-corrected chi connectivity index (χ0v) is 16.7. The number of nitrogens with one attached hydrogen (secondary N) is 1. The molecule has 0 saturated carbocycles. The van der Waals surface area contributed by atoms with Crippen molar-refractivity contribution in [3.05, 3.63) is 89.8 Å². The molecule has 0 aliphatic carbocycles. The number of para-hydroxylation sites is 1. The molecule has 6 nitrogen and oxygen atoms in total. The summed E-state index contributed by atoms with van der Waals surface area (Å²) in [6, 6.07) is 16.8. The molecule has 3 heterocycles. The number of anilines is 1. The van der Waals surface area contributed by atoms with Crippen LogP contribution in [0, 0.1) is 5.82 Å². The summed E-state index contributed by atoms with van der Waals surface area (Å²) in [4.78, 5) is 14.9. The minimum Gasteiger partial charge on any atom is -0.459 e. The number of hydrogen-bond acceptors (Lipinski definition) is 5. The lowest BCUT2D eigenvalue weighted by atomic mass is 9.99. The first-order valence-corrected chi connectivity index (χ1v) is 10.1. The fourth-order valence-corrected chi connectivity index (χ4v) is 4.01. The van der Waals surface area contributed by atoms with Crippen molar-refractivity contribution in [3.63, 3.8) is 0 Å². The molecular formula is C24H21FN2O4. The molecule has 0 spiro atoms. The van der Waals surface area contributed by atoms with Gasteiger partial charge in [-0.1, -0.05) is 30.3 Å². The maximum atomic E-state index is 15.0.